The Morgan fingerprint density at radius 3 is 2.82 bits per heavy atom. The van der Waals surface area contributed by atoms with Gasteiger partial charge in [-0.25, -0.2) is 0 Å². The Balaban J connectivity index is 2.42. The number of azide groups is 1. The smallest absolute Gasteiger partial charge is 0.326 e. The fourth-order valence-corrected chi connectivity index (χ4v) is 2.22. The number of hydrogen-bond acceptors (Lipinski definition) is 4. The molecule has 17 heavy (non-hydrogen) atoms. The summed E-state index contributed by atoms with van der Waals surface area (Å²) >= 11 is 0. The van der Waals surface area contributed by atoms with Crippen molar-refractivity contribution in [3.8, 4) is 0 Å². The van der Waals surface area contributed by atoms with Gasteiger partial charge in [0.05, 0.1) is 6.61 Å². The van der Waals surface area contributed by atoms with Crippen molar-refractivity contribution in [2.24, 2.45) is 5.11 Å². The molecule has 0 amide bonds. The molecule has 0 aromatic rings. The van der Waals surface area contributed by atoms with Crippen LogP contribution in [0.25, 0.3) is 10.4 Å². The first-order valence-corrected chi connectivity index (χ1v) is 6.18. The molecule has 0 atom stereocenters. The molecule has 1 fully saturated rings. The van der Waals surface area contributed by atoms with Crippen molar-refractivity contribution in [2.45, 2.75) is 44.6 Å². The highest BCUT2D eigenvalue weighted by atomic mass is 16.5. The first-order valence-electron chi connectivity index (χ1n) is 6.18. The Bertz CT molecular complexity index is 294. The molecule has 6 nitrogen and oxygen atoms in total. The van der Waals surface area contributed by atoms with E-state index in [4.69, 9.17) is 10.3 Å². The molecule has 0 radical (unpaired) electrons. The van der Waals surface area contributed by atoms with Crippen LogP contribution in [-0.4, -0.2) is 31.2 Å². The predicted octanol–water partition coefficient (Wildman–Crippen LogP) is 2.15. The van der Waals surface area contributed by atoms with E-state index in [0.29, 0.717) is 19.7 Å². The van der Waals surface area contributed by atoms with Gasteiger partial charge in [0.2, 0.25) is 0 Å². The van der Waals surface area contributed by atoms with E-state index in [-0.39, 0.29) is 5.97 Å². The van der Waals surface area contributed by atoms with Gasteiger partial charge in [0.25, 0.3) is 0 Å². The third-order valence-electron chi connectivity index (χ3n) is 3.08. The molecule has 6 heteroatoms. The van der Waals surface area contributed by atoms with E-state index in [2.05, 4.69) is 15.3 Å². The number of nitrogens with one attached hydrogen (secondary N) is 1. The van der Waals surface area contributed by atoms with E-state index in [0.717, 1.165) is 32.1 Å². The highest BCUT2D eigenvalue weighted by Crippen LogP contribution is 2.30. The van der Waals surface area contributed by atoms with Gasteiger partial charge in [-0.3, -0.25) is 4.79 Å². The Morgan fingerprint density at radius 1 is 1.53 bits per heavy atom. The SMILES string of the molecule is CCOC(=O)C1(NCCCN=[N+]=[N-])CCCC1. The lowest BCUT2D eigenvalue weighted by Gasteiger charge is -2.27. The molecule has 0 aromatic heterocycles. The predicted molar refractivity (Wildman–Crippen MR) is 64.5 cm³/mol. The second-order valence-corrected chi connectivity index (χ2v) is 4.24. The van der Waals surface area contributed by atoms with E-state index in [1.807, 2.05) is 6.92 Å². The van der Waals surface area contributed by atoms with Gasteiger partial charge in [0.1, 0.15) is 5.54 Å². The quantitative estimate of drug-likeness (QED) is 0.243. The van der Waals surface area contributed by atoms with Gasteiger partial charge >= 0.3 is 5.97 Å². The molecular formula is C11H20N4O2. The second kappa shape index (κ2) is 7.14. The molecule has 96 valence electrons. The van der Waals surface area contributed by atoms with Crippen molar-refractivity contribution in [1.29, 1.82) is 0 Å². The minimum absolute atomic E-state index is 0.138. The van der Waals surface area contributed by atoms with Crippen LogP contribution in [0.4, 0.5) is 0 Å². The van der Waals surface area contributed by atoms with Crippen LogP contribution in [-0.2, 0) is 9.53 Å². The second-order valence-electron chi connectivity index (χ2n) is 4.24. The maximum Gasteiger partial charge on any atom is 0.326 e. The highest BCUT2D eigenvalue weighted by Gasteiger charge is 2.41. The Hall–Kier alpha value is -1.26. The minimum Gasteiger partial charge on any atom is -0.465 e. The van der Waals surface area contributed by atoms with E-state index in [1.54, 1.807) is 0 Å². The van der Waals surface area contributed by atoms with E-state index in [9.17, 15) is 4.79 Å². The average Bonchev–Trinajstić information content (AvgIpc) is 2.79. The number of nitrogens with zero attached hydrogens (tertiary/aromatic N) is 3. The van der Waals surface area contributed by atoms with Gasteiger partial charge in [-0.1, -0.05) is 18.0 Å². The van der Waals surface area contributed by atoms with Crippen LogP contribution in [0.5, 0.6) is 0 Å². The summed E-state index contributed by atoms with van der Waals surface area (Å²) in [6.45, 7) is 3.38. The summed E-state index contributed by atoms with van der Waals surface area (Å²) in [4.78, 5) is 14.6. The Kier molecular flexibility index (Phi) is 5.80. The summed E-state index contributed by atoms with van der Waals surface area (Å²) in [6, 6.07) is 0. The third-order valence-corrected chi connectivity index (χ3v) is 3.08. The summed E-state index contributed by atoms with van der Waals surface area (Å²) in [7, 11) is 0. The van der Waals surface area contributed by atoms with Gasteiger partial charge in [-0.05, 0) is 38.3 Å². The molecule has 0 unspecified atom stereocenters. The maximum atomic E-state index is 11.9. The topological polar surface area (TPSA) is 87.1 Å². The van der Waals surface area contributed by atoms with Gasteiger partial charge in [0, 0.05) is 11.5 Å². The summed E-state index contributed by atoms with van der Waals surface area (Å²) in [5, 5.41) is 6.74. The molecule has 0 aromatic carbocycles. The van der Waals surface area contributed by atoms with E-state index in [1.165, 1.54) is 0 Å². The standard InChI is InChI=1S/C11H20N4O2/c1-2-17-10(16)11(6-3-4-7-11)13-8-5-9-14-15-12/h13H,2-9H2,1H3. The lowest BCUT2D eigenvalue weighted by molar-refractivity contribution is -0.151. The molecule has 1 saturated carbocycles. The molecule has 0 heterocycles. The number of carbonyl (C=O) groups is 1. The van der Waals surface area contributed by atoms with Crippen molar-refractivity contribution in [1.82, 2.24) is 5.32 Å². The fraction of sp³-hybridized carbons (Fsp3) is 0.909. The lowest BCUT2D eigenvalue weighted by atomic mass is 9.97. The van der Waals surface area contributed by atoms with Gasteiger partial charge in [-0.2, -0.15) is 0 Å². The monoisotopic (exact) mass is 240 g/mol. The van der Waals surface area contributed by atoms with Crippen LogP contribution in [0.2, 0.25) is 0 Å². The zero-order valence-electron chi connectivity index (χ0n) is 10.3. The number of esters is 1. The minimum atomic E-state index is -0.494. The van der Waals surface area contributed by atoms with Crippen LogP contribution in [0.15, 0.2) is 5.11 Å². The molecule has 1 aliphatic carbocycles. The molecule has 0 saturated heterocycles. The van der Waals surface area contributed by atoms with Crippen molar-refractivity contribution >= 4 is 5.97 Å². The molecule has 0 bridgehead atoms. The van der Waals surface area contributed by atoms with E-state index >= 15 is 0 Å². The zero-order chi connectivity index (χ0) is 12.6. The summed E-state index contributed by atoms with van der Waals surface area (Å²) < 4.78 is 5.12. The maximum absolute atomic E-state index is 11.9. The first-order chi connectivity index (χ1) is 8.25. The normalized spacial score (nSPS) is 17.5. The first kappa shape index (κ1) is 13.8. The van der Waals surface area contributed by atoms with Crippen LogP contribution in [0, 0.1) is 0 Å². The van der Waals surface area contributed by atoms with Gasteiger partial charge in [-0.15, -0.1) is 0 Å². The number of rotatable bonds is 7. The summed E-state index contributed by atoms with van der Waals surface area (Å²) in [6.07, 6.45) is 4.54. The van der Waals surface area contributed by atoms with Crippen molar-refractivity contribution in [3.05, 3.63) is 10.4 Å². The molecule has 0 spiro atoms. The van der Waals surface area contributed by atoms with Crippen LogP contribution in [0.1, 0.15) is 39.0 Å². The fourth-order valence-electron chi connectivity index (χ4n) is 2.22. The third kappa shape index (κ3) is 3.91. The largest absolute Gasteiger partial charge is 0.465 e. The Labute approximate surface area is 101 Å². The lowest BCUT2D eigenvalue weighted by Crippen LogP contribution is -2.51. The van der Waals surface area contributed by atoms with Crippen molar-refractivity contribution < 1.29 is 9.53 Å². The van der Waals surface area contributed by atoms with Crippen LogP contribution >= 0.6 is 0 Å². The number of carbonyl (C=O) groups excluding carboxylic acids is 1. The number of hydrogen-bond donors (Lipinski definition) is 1. The van der Waals surface area contributed by atoms with Crippen LogP contribution in [0.3, 0.4) is 0 Å². The number of ether oxygens (including phenoxy) is 1. The van der Waals surface area contributed by atoms with Gasteiger partial charge < -0.3 is 10.1 Å². The average molecular weight is 240 g/mol. The van der Waals surface area contributed by atoms with Crippen LogP contribution < -0.4 is 5.32 Å². The zero-order valence-corrected chi connectivity index (χ0v) is 10.3. The highest BCUT2D eigenvalue weighted by molar-refractivity contribution is 5.81. The molecule has 1 N–H and O–H groups in total. The van der Waals surface area contributed by atoms with Gasteiger partial charge in [0.15, 0.2) is 0 Å². The molecule has 1 rings (SSSR count). The molecule has 1 aliphatic rings. The van der Waals surface area contributed by atoms with Crippen molar-refractivity contribution in [3.63, 3.8) is 0 Å². The molecular weight excluding hydrogens is 220 g/mol. The summed E-state index contributed by atoms with van der Waals surface area (Å²) in [5.74, 6) is -0.138. The van der Waals surface area contributed by atoms with E-state index < -0.39 is 5.54 Å². The van der Waals surface area contributed by atoms with Crippen molar-refractivity contribution in [2.75, 3.05) is 19.7 Å². The molecule has 0 aliphatic heterocycles. The Morgan fingerprint density at radius 2 is 2.24 bits per heavy atom. The summed E-state index contributed by atoms with van der Waals surface area (Å²) in [5.41, 5.74) is 7.66.